The Hall–Kier alpha value is -1.58. The monoisotopic (exact) mass is 246 g/mol. The SMILES string of the molecule is O=C(CC1CC1)N1CCC(Oc2ccncc2)C1. The van der Waals surface area contributed by atoms with Gasteiger partial charge in [0.2, 0.25) is 5.91 Å². The quantitative estimate of drug-likeness (QED) is 0.814. The zero-order valence-electron chi connectivity index (χ0n) is 10.4. The molecule has 1 unspecified atom stereocenters. The number of ether oxygens (including phenoxy) is 1. The second-order valence-electron chi connectivity index (χ2n) is 5.20. The molecule has 0 aromatic carbocycles. The molecule has 0 radical (unpaired) electrons. The number of amides is 1. The molecule has 2 heterocycles. The third-order valence-electron chi connectivity index (χ3n) is 3.61. The number of carbonyl (C=O) groups excluding carboxylic acids is 1. The van der Waals surface area contributed by atoms with E-state index in [0.717, 1.165) is 31.7 Å². The van der Waals surface area contributed by atoms with E-state index in [1.165, 1.54) is 12.8 Å². The largest absolute Gasteiger partial charge is 0.488 e. The van der Waals surface area contributed by atoms with Crippen molar-refractivity contribution >= 4 is 5.91 Å². The molecule has 4 heteroatoms. The number of rotatable bonds is 4. The Morgan fingerprint density at radius 2 is 2.11 bits per heavy atom. The standard InChI is InChI=1S/C14H18N2O2/c17-14(9-11-1-2-11)16-8-5-13(10-16)18-12-3-6-15-7-4-12/h3-4,6-7,11,13H,1-2,5,8-10H2. The van der Waals surface area contributed by atoms with Gasteiger partial charge in [0, 0.05) is 31.8 Å². The summed E-state index contributed by atoms with van der Waals surface area (Å²) in [7, 11) is 0. The van der Waals surface area contributed by atoms with Gasteiger partial charge in [-0.15, -0.1) is 0 Å². The van der Waals surface area contributed by atoms with Crippen LogP contribution in [0.2, 0.25) is 0 Å². The Balaban J connectivity index is 1.50. The van der Waals surface area contributed by atoms with Crippen molar-refractivity contribution in [2.24, 2.45) is 5.92 Å². The van der Waals surface area contributed by atoms with Gasteiger partial charge in [-0.05, 0) is 30.9 Å². The molecule has 0 spiro atoms. The predicted octanol–water partition coefficient (Wildman–Crippen LogP) is 1.86. The van der Waals surface area contributed by atoms with Crippen LogP contribution in [0.15, 0.2) is 24.5 Å². The highest BCUT2D eigenvalue weighted by Crippen LogP contribution is 2.33. The number of nitrogens with zero attached hydrogens (tertiary/aromatic N) is 2. The Bertz CT molecular complexity index is 417. The zero-order chi connectivity index (χ0) is 12.4. The summed E-state index contributed by atoms with van der Waals surface area (Å²) >= 11 is 0. The van der Waals surface area contributed by atoms with Crippen LogP contribution < -0.4 is 4.74 Å². The van der Waals surface area contributed by atoms with Crippen LogP contribution in [0, 0.1) is 5.92 Å². The van der Waals surface area contributed by atoms with Gasteiger partial charge >= 0.3 is 0 Å². The molecule has 1 amide bonds. The smallest absolute Gasteiger partial charge is 0.222 e. The molecule has 1 atom stereocenters. The van der Waals surface area contributed by atoms with Crippen molar-refractivity contribution in [3.05, 3.63) is 24.5 Å². The average molecular weight is 246 g/mol. The van der Waals surface area contributed by atoms with Crippen LogP contribution >= 0.6 is 0 Å². The van der Waals surface area contributed by atoms with Gasteiger partial charge in [0.05, 0.1) is 6.54 Å². The second kappa shape index (κ2) is 4.96. The molecule has 1 aromatic rings. The van der Waals surface area contributed by atoms with Crippen LogP contribution in [0.1, 0.15) is 25.7 Å². The molecule has 1 saturated carbocycles. The molecule has 96 valence electrons. The number of hydrogen-bond donors (Lipinski definition) is 0. The van der Waals surface area contributed by atoms with Crippen molar-refractivity contribution in [1.29, 1.82) is 0 Å². The summed E-state index contributed by atoms with van der Waals surface area (Å²) in [6, 6.07) is 3.71. The van der Waals surface area contributed by atoms with Crippen LogP contribution in [0.5, 0.6) is 5.75 Å². The van der Waals surface area contributed by atoms with Gasteiger partial charge in [0.1, 0.15) is 11.9 Å². The molecule has 1 aromatic heterocycles. The van der Waals surface area contributed by atoms with E-state index in [1.54, 1.807) is 12.4 Å². The highest BCUT2D eigenvalue weighted by molar-refractivity contribution is 5.77. The predicted molar refractivity (Wildman–Crippen MR) is 67.2 cm³/mol. The maximum atomic E-state index is 12.0. The average Bonchev–Trinajstić information content (AvgIpc) is 3.07. The second-order valence-corrected chi connectivity index (χ2v) is 5.20. The Labute approximate surface area is 107 Å². The van der Waals surface area contributed by atoms with E-state index >= 15 is 0 Å². The first-order valence-corrected chi connectivity index (χ1v) is 6.66. The Morgan fingerprint density at radius 1 is 1.33 bits per heavy atom. The molecule has 3 rings (SSSR count). The number of likely N-dealkylation sites (tertiary alicyclic amines) is 1. The Kier molecular flexibility index (Phi) is 3.17. The van der Waals surface area contributed by atoms with Crippen molar-refractivity contribution in [2.45, 2.75) is 31.8 Å². The minimum Gasteiger partial charge on any atom is -0.488 e. The summed E-state index contributed by atoms with van der Waals surface area (Å²) in [6.45, 7) is 1.56. The molecule has 18 heavy (non-hydrogen) atoms. The third-order valence-corrected chi connectivity index (χ3v) is 3.61. The molecule has 2 aliphatic rings. The summed E-state index contributed by atoms with van der Waals surface area (Å²) in [5, 5.41) is 0. The van der Waals surface area contributed by atoms with Crippen molar-refractivity contribution in [3.63, 3.8) is 0 Å². The lowest BCUT2D eigenvalue weighted by Crippen LogP contribution is -2.31. The number of pyridine rings is 1. The summed E-state index contributed by atoms with van der Waals surface area (Å²) in [5.74, 6) is 1.81. The number of aromatic nitrogens is 1. The molecular formula is C14H18N2O2. The maximum Gasteiger partial charge on any atom is 0.222 e. The molecule has 1 aliphatic heterocycles. The van der Waals surface area contributed by atoms with Gasteiger partial charge in [-0.3, -0.25) is 9.78 Å². The van der Waals surface area contributed by atoms with E-state index in [9.17, 15) is 4.79 Å². The van der Waals surface area contributed by atoms with Crippen LogP contribution in [0.3, 0.4) is 0 Å². The first-order chi connectivity index (χ1) is 8.81. The van der Waals surface area contributed by atoms with Crippen LogP contribution in [0.25, 0.3) is 0 Å². The van der Waals surface area contributed by atoms with Crippen LogP contribution in [-0.4, -0.2) is 35.0 Å². The fourth-order valence-electron chi connectivity index (χ4n) is 2.36. The lowest BCUT2D eigenvalue weighted by atomic mass is 10.2. The molecule has 0 bridgehead atoms. The van der Waals surface area contributed by atoms with E-state index in [4.69, 9.17) is 4.74 Å². The number of carbonyl (C=O) groups is 1. The van der Waals surface area contributed by atoms with Gasteiger partial charge in [0.25, 0.3) is 0 Å². The minimum atomic E-state index is 0.135. The molecule has 0 N–H and O–H groups in total. The first-order valence-electron chi connectivity index (χ1n) is 6.66. The number of hydrogen-bond acceptors (Lipinski definition) is 3. The van der Waals surface area contributed by atoms with Gasteiger partial charge in [-0.2, -0.15) is 0 Å². The van der Waals surface area contributed by atoms with Crippen LogP contribution in [-0.2, 0) is 4.79 Å². The van der Waals surface area contributed by atoms with E-state index in [0.29, 0.717) is 11.8 Å². The molecular weight excluding hydrogens is 228 g/mol. The van der Waals surface area contributed by atoms with E-state index in [1.807, 2.05) is 17.0 Å². The highest BCUT2D eigenvalue weighted by Gasteiger charge is 2.31. The van der Waals surface area contributed by atoms with Gasteiger partial charge < -0.3 is 9.64 Å². The van der Waals surface area contributed by atoms with E-state index in [2.05, 4.69) is 4.98 Å². The minimum absolute atomic E-state index is 0.135. The normalized spacial score (nSPS) is 23.1. The Morgan fingerprint density at radius 3 is 2.83 bits per heavy atom. The molecule has 4 nitrogen and oxygen atoms in total. The van der Waals surface area contributed by atoms with Crippen LogP contribution in [0.4, 0.5) is 0 Å². The summed E-state index contributed by atoms with van der Waals surface area (Å²) < 4.78 is 5.84. The third kappa shape index (κ3) is 2.81. The van der Waals surface area contributed by atoms with Crippen molar-refractivity contribution in [1.82, 2.24) is 9.88 Å². The maximum absolute atomic E-state index is 12.0. The zero-order valence-corrected chi connectivity index (χ0v) is 10.4. The van der Waals surface area contributed by atoms with Crippen molar-refractivity contribution < 1.29 is 9.53 Å². The molecule has 1 aliphatic carbocycles. The van der Waals surface area contributed by atoms with Crippen molar-refractivity contribution in [2.75, 3.05) is 13.1 Å². The first kappa shape index (κ1) is 11.5. The molecule has 1 saturated heterocycles. The molecule has 2 fully saturated rings. The lowest BCUT2D eigenvalue weighted by molar-refractivity contribution is -0.130. The van der Waals surface area contributed by atoms with E-state index in [-0.39, 0.29) is 6.10 Å². The van der Waals surface area contributed by atoms with Gasteiger partial charge in [-0.25, -0.2) is 0 Å². The van der Waals surface area contributed by atoms with Gasteiger partial charge in [0.15, 0.2) is 0 Å². The van der Waals surface area contributed by atoms with E-state index < -0.39 is 0 Å². The summed E-state index contributed by atoms with van der Waals surface area (Å²) in [6.07, 6.45) is 7.71. The van der Waals surface area contributed by atoms with Crippen molar-refractivity contribution in [3.8, 4) is 5.75 Å². The summed E-state index contributed by atoms with van der Waals surface area (Å²) in [4.78, 5) is 17.9. The fraction of sp³-hybridized carbons (Fsp3) is 0.571. The fourth-order valence-corrected chi connectivity index (χ4v) is 2.36. The van der Waals surface area contributed by atoms with Gasteiger partial charge in [-0.1, -0.05) is 0 Å². The summed E-state index contributed by atoms with van der Waals surface area (Å²) in [5.41, 5.74) is 0. The lowest BCUT2D eigenvalue weighted by Gasteiger charge is -2.17. The topological polar surface area (TPSA) is 42.4 Å². The highest BCUT2D eigenvalue weighted by atomic mass is 16.5.